The highest BCUT2D eigenvalue weighted by molar-refractivity contribution is 6.04. The van der Waals surface area contributed by atoms with Gasteiger partial charge in [-0.2, -0.15) is 4.98 Å². The van der Waals surface area contributed by atoms with Crippen molar-refractivity contribution in [2.75, 3.05) is 68.7 Å². The molecule has 9 heteroatoms. The van der Waals surface area contributed by atoms with Crippen LogP contribution in [0.2, 0.25) is 0 Å². The van der Waals surface area contributed by atoms with Gasteiger partial charge in [0.2, 0.25) is 5.95 Å². The molecule has 2 aromatic rings. The number of nitrogens with one attached hydrogen (secondary N) is 1. The van der Waals surface area contributed by atoms with Crippen LogP contribution < -0.4 is 15.1 Å². The molecule has 0 bridgehead atoms. The SMILES string of the molecule is COCCN(C)c1cc(C(=O)Nc2cc(C(C)(C)C)ccc2O)nc(N2CCOCC2)n1. The molecular weight excluding hydrogens is 410 g/mol. The second-order valence-electron chi connectivity index (χ2n) is 8.86. The third kappa shape index (κ3) is 5.86. The maximum Gasteiger partial charge on any atom is 0.274 e. The minimum Gasteiger partial charge on any atom is -0.506 e. The number of aromatic hydroxyl groups is 1. The molecule has 1 aromatic carbocycles. The number of morpholine rings is 1. The first-order valence-corrected chi connectivity index (χ1v) is 10.8. The summed E-state index contributed by atoms with van der Waals surface area (Å²) in [6, 6.07) is 6.90. The smallest absolute Gasteiger partial charge is 0.274 e. The van der Waals surface area contributed by atoms with E-state index in [-0.39, 0.29) is 16.9 Å². The van der Waals surface area contributed by atoms with Crippen LogP contribution in [-0.4, -0.2) is 74.6 Å². The van der Waals surface area contributed by atoms with E-state index in [1.165, 1.54) is 0 Å². The number of amides is 1. The molecule has 1 aliphatic rings. The van der Waals surface area contributed by atoms with E-state index in [1.807, 2.05) is 22.9 Å². The van der Waals surface area contributed by atoms with Gasteiger partial charge in [-0.15, -0.1) is 0 Å². The average molecular weight is 444 g/mol. The van der Waals surface area contributed by atoms with Gasteiger partial charge in [0.15, 0.2) is 0 Å². The molecule has 1 amide bonds. The Hall–Kier alpha value is -2.91. The number of rotatable bonds is 7. The standard InChI is InChI=1S/C23H33N5O4/c1-23(2,3)16-6-7-19(29)17(14-16)24-21(30)18-15-20(27(4)8-11-31-5)26-22(25-18)28-9-12-32-13-10-28/h6-7,14-15,29H,8-13H2,1-5H3,(H,24,30). The Morgan fingerprint density at radius 1 is 1.25 bits per heavy atom. The lowest BCUT2D eigenvalue weighted by Gasteiger charge is -2.28. The zero-order valence-electron chi connectivity index (χ0n) is 19.5. The summed E-state index contributed by atoms with van der Waals surface area (Å²) in [6.45, 7) is 9.85. The number of carbonyl (C=O) groups is 1. The largest absolute Gasteiger partial charge is 0.506 e. The minimum atomic E-state index is -0.412. The summed E-state index contributed by atoms with van der Waals surface area (Å²) in [5.41, 5.74) is 1.45. The van der Waals surface area contributed by atoms with Crippen LogP contribution >= 0.6 is 0 Å². The Morgan fingerprint density at radius 3 is 2.62 bits per heavy atom. The van der Waals surface area contributed by atoms with Crippen LogP contribution in [0.25, 0.3) is 0 Å². The van der Waals surface area contributed by atoms with Gasteiger partial charge in [-0.1, -0.05) is 26.8 Å². The van der Waals surface area contributed by atoms with E-state index >= 15 is 0 Å². The van der Waals surface area contributed by atoms with Crippen LogP contribution in [-0.2, 0) is 14.9 Å². The highest BCUT2D eigenvalue weighted by Gasteiger charge is 2.21. The van der Waals surface area contributed by atoms with Crippen molar-refractivity contribution < 1.29 is 19.4 Å². The van der Waals surface area contributed by atoms with E-state index in [1.54, 1.807) is 25.3 Å². The molecule has 32 heavy (non-hydrogen) atoms. The number of ether oxygens (including phenoxy) is 2. The number of benzene rings is 1. The molecule has 1 fully saturated rings. The maximum atomic E-state index is 13.2. The van der Waals surface area contributed by atoms with Gasteiger partial charge in [0.05, 0.1) is 25.5 Å². The van der Waals surface area contributed by atoms with E-state index in [0.717, 1.165) is 5.56 Å². The van der Waals surface area contributed by atoms with Gasteiger partial charge in [-0.25, -0.2) is 4.98 Å². The number of phenolic OH excluding ortho intramolecular Hbond substituents is 1. The van der Waals surface area contributed by atoms with Gasteiger partial charge >= 0.3 is 0 Å². The third-order valence-corrected chi connectivity index (χ3v) is 5.36. The Morgan fingerprint density at radius 2 is 1.97 bits per heavy atom. The van der Waals surface area contributed by atoms with Crippen LogP contribution in [0.3, 0.4) is 0 Å². The monoisotopic (exact) mass is 443 g/mol. The lowest BCUT2D eigenvalue weighted by Crippen LogP contribution is -2.38. The zero-order chi connectivity index (χ0) is 23.3. The number of anilines is 3. The first kappa shape index (κ1) is 23.7. The predicted octanol–water partition coefficient (Wildman–Crippen LogP) is 2.65. The van der Waals surface area contributed by atoms with Crippen molar-refractivity contribution in [1.82, 2.24) is 9.97 Å². The summed E-state index contributed by atoms with van der Waals surface area (Å²) < 4.78 is 10.6. The van der Waals surface area contributed by atoms with E-state index in [0.29, 0.717) is 56.9 Å². The molecule has 0 spiro atoms. The molecule has 0 aliphatic carbocycles. The summed E-state index contributed by atoms with van der Waals surface area (Å²) in [4.78, 5) is 26.3. The van der Waals surface area contributed by atoms with Crippen LogP contribution in [0.1, 0.15) is 36.8 Å². The third-order valence-electron chi connectivity index (χ3n) is 5.36. The predicted molar refractivity (Wildman–Crippen MR) is 125 cm³/mol. The molecule has 0 unspecified atom stereocenters. The molecule has 1 saturated heterocycles. The fourth-order valence-corrected chi connectivity index (χ4v) is 3.27. The first-order valence-electron chi connectivity index (χ1n) is 10.8. The Bertz CT molecular complexity index is 938. The van der Waals surface area contributed by atoms with E-state index < -0.39 is 5.91 Å². The van der Waals surface area contributed by atoms with Crippen molar-refractivity contribution >= 4 is 23.4 Å². The van der Waals surface area contributed by atoms with E-state index in [9.17, 15) is 9.90 Å². The lowest BCUT2D eigenvalue weighted by molar-refractivity contribution is 0.102. The number of hydrogen-bond acceptors (Lipinski definition) is 8. The van der Waals surface area contributed by atoms with E-state index in [2.05, 4.69) is 36.1 Å². The fourth-order valence-electron chi connectivity index (χ4n) is 3.27. The first-order chi connectivity index (χ1) is 15.2. The van der Waals surface area contributed by atoms with Gasteiger partial charge in [0.1, 0.15) is 17.3 Å². The minimum absolute atomic E-state index is 0.00578. The Kier molecular flexibility index (Phi) is 7.52. The van der Waals surface area contributed by atoms with Crippen molar-refractivity contribution in [3.8, 4) is 5.75 Å². The molecule has 9 nitrogen and oxygen atoms in total. The van der Waals surface area contributed by atoms with Crippen LogP contribution in [0, 0.1) is 0 Å². The number of likely N-dealkylation sites (N-methyl/N-ethyl adjacent to an activating group) is 1. The molecule has 1 aromatic heterocycles. The molecule has 2 N–H and O–H groups in total. The highest BCUT2D eigenvalue weighted by atomic mass is 16.5. The number of aromatic nitrogens is 2. The lowest BCUT2D eigenvalue weighted by atomic mass is 9.87. The Labute approximate surface area is 189 Å². The average Bonchev–Trinajstić information content (AvgIpc) is 2.78. The second kappa shape index (κ2) is 10.1. The molecule has 0 saturated carbocycles. The van der Waals surface area contributed by atoms with Gasteiger partial charge in [-0.3, -0.25) is 4.79 Å². The number of carbonyl (C=O) groups excluding carboxylic acids is 1. The van der Waals surface area contributed by atoms with Gasteiger partial charge in [0.25, 0.3) is 5.91 Å². The Balaban J connectivity index is 1.92. The molecule has 0 atom stereocenters. The second-order valence-corrected chi connectivity index (χ2v) is 8.86. The summed E-state index contributed by atoms with van der Waals surface area (Å²) in [5, 5.41) is 13.1. The molecule has 3 rings (SSSR count). The zero-order valence-corrected chi connectivity index (χ0v) is 19.5. The van der Waals surface area contributed by atoms with E-state index in [4.69, 9.17) is 9.47 Å². The normalized spacial score (nSPS) is 14.3. The fraction of sp³-hybridized carbons (Fsp3) is 0.522. The topological polar surface area (TPSA) is 100 Å². The number of nitrogens with zero attached hydrogens (tertiary/aromatic N) is 4. The summed E-state index contributed by atoms with van der Waals surface area (Å²) >= 11 is 0. The maximum absolute atomic E-state index is 13.2. The number of methoxy groups -OCH3 is 1. The van der Waals surface area contributed by atoms with Crippen molar-refractivity contribution in [3.05, 3.63) is 35.5 Å². The summed E-state index contributed by atoms with van der Waals surface area (Å²) in [7, 11) is 3.54. The van der Waals surface area contributed by atoms with Crippen molar-refractivity contribution in [3.63, 3.8) is 0 Å². The van der Waals surface area contributed by atoms with Crippen LogP contribution in [0.5, 0.6) is 5.75 Å². The van der Waals surface area contributed by atoms with Crippen LogP contribution in [0.4, 0.5) is 17.5 Å². The van der Waals surface area contributed by atoms with Gasteiger partial charge < -0.3 is 29.7 Å². The molecule has 2 heterocycles. The summed E-state index contributed by atoms with van der Waals surface area (Å²) in [6.07, 6.45) is 0. The molecular formula is C23H33N5O4. The van der Waals surface area contributed by atoms with Gasteiger partial charge in [0, 0.05) is 39.9 Å². The van der Waals surface area contributed by atoms with Crippen molar-refractivity contribution in [2.45, 2.75) is 26.2 Å². The quantitative estimate of drug-likeness (QED) is 0.630. The summed E-state index contributed by atoms with van der Waals surface area (Å²) in [5.74, 6) is 0.695. The number of hydrogen-bond donors (Lipinski definition) is 2. The number of phenols is 1. The molecule has 0 radical (unpaired) electrons. The van der Waals surface area contributed by atoms with Crippen molar-refractivity contribution in [2.24, 2.45) is 0 Å². The van der Waals surface area contributed by atoms with Gasteiger partial charge in [-0.05, 0) is 23.1 Å². The molecule has 174 valence electrons. The highest BCUT2D eigenvalue weighted by Crippen LogP contribution is 2.31. The van der Waals surface area contributed by atoms with Crippen LogP contribution in [0.15, 0.2) is 24.3 Å². The molecule has 1 aliphatic heterocycles. The van der Waals surface area contributed by atoms with Crippen molar-refractivity contribution in [1.29, 1.82) is 0 Å².